The number of carbonyl (C=O) groups excluding carboxylic acids is 1. The minimum absolute atomic E-state index is 0.0368. The first kappa shape index (κ1) is 10.2. The highest BCUT2D eigenvalue weighted by Crippen LogP contribution is 2.38. The van der Waals surface area contributed by atoms with E-state index in [9.17, 15) is 13.6 Å². The first-order valence-electron chi connectivity index (χ1n) is 4.18. The largest absolute Gasteiger partial charge is 0.310 e. The van der Waals surface area contributed by atoms with Gasteiger partial charge < -0.3 is 5.32 Å². The number of alkyl halides is 2. The van der Waals surface area contributed by atoms with Crippen LogP contribution in [-0.4, -0.2) is 22.3 Å². The number of halogens is 3. The van der Waals surface area contributed by atoms with E-state index < -0.39 is 18.3 Å². The minimum Gasteiger partial charge on any atom is -0.310 e. The molecule has 80 valence electrons. The van der Waals surface area contributed by atoms with Crippen molar-refractivity contribution >= 4 is 23.3 Å². The number of hydrogen-bond donors (Lipinski definition) is 1. The topological polar surface area (TPSA) is 54.9 Å². The summed E-state index contributed by atoms with van der Waals surface area (Å²) in [5, 5.41) is 2.34. The molecule has 1 amide bonds. The average molecular weight is 234 g/mol. The number of nitrogens with zero attached hydrogens (tertiary/aromatic N) is 2. The molecule has 0 radical (unpaired) electrons. The van der Waals surface area contributed by atoms with E-state index >= 15 is 0 Å². The van der Waals surface area contributed by atoms with Crippen LogP contribution in [0, 0.1) is 0 Å². The minimum atomic E-state index is -2.65. The van der Waals surface area contributed by atoms with E-state index in [0.717, 1.165) is 6.33 Å². The summed E-state index contributed by atoms with van der Waals surface area (Å²) in [5.41, 5.74) is 0.119. The molecule has 1 aromatic heterocycles. The Labute approximate surface area is 88.7 Å². The normalized spacial score (nSPS) is 20.0. The lowest BCUT2D eigenvalue weighted by Gasteiger charge is -2.23. The van der Waals surface area contributed by atoms with Crippen LogP contribution in [0.5, 0.6) is 0 Å². The van der Waals surface area contributed by atoms with Crippen LogP contribution >= 0.6 is 11.6 Å². The number of carbonyl (C=O) groups is 1. The monoisotopic (exact) mass is 233 g/mol. The molecule has 1 unspecified atom stereocenters. The van der Waals surface area contributed by atoms with Gasteiger partial charge >= 0.3 is 0 Å². The van der Waals surface area contributed by atoms with Crippen LogP contribution in [0.4, 0.5) is 14.6 Å². The van der Waals surface area contributed by atoms with E-state index in [-0.39, 0.29) is 23.0 Å². The van der Waals surface area contributed by atoms with Crippen molar-refractivity contribution in [1.82, 2.24) is 9.97 Å². The average Bonchev–Trinajstić information content (AvgIpc) is 2.16. The zero-order valence-corrected chi connectivity index (χ0v) is 8.13. The fourth-order valence-electron chi connectivity index (χ4n) is 1.50. The summed E-state index contributed by atoms with van der Waals surface area (Å²) in [6, 6.07) is 0. The van der Waals surface area contributed by atoms with Gasteiger partial charge in [0.15, 0.2) is 0 Å². The molecule has 0 fully saturated rings. The van der Waals surface area contributed by atoms with E-state index in [1.54, 1.807) is 0 Å². The lowest BCUT2D eigenvalue weighted by Crippen LogP contribution is -2.27. The molecule has 2 heterocycles. The van der Waals surface area contributed by atoms with Crippen molar-refractivity contribution in [1.29, 1.82) is 0 Å². The summed E-state index contributed by atoms with van der Waals surface area (Å²) in [7, 11) is 0. The maximum Gasteiger partial charge on any atom is 0.246 e. The van der Waals surface area contributed by atoms with Crippen molar-refractivity contribution in [2.75, 3.05) is 5.32 Å². The summed E-state index contributed by atoms with van der Waals surface area (Å²) in [4.78, 5) is 18.4. The molecule has 0 aromatic carbocycles. The second-order valence-corrected chi connectivity index (χ2v) is 3.48. The fraction of sp³-hybridized carbons (Fsp3) is 0.375. The van der Waals surface area contributed by atoms with Crippen molar-refractivity contribution in [3.8, 4) is 0 Å². The second-order valence-electron chi connectivity index (χ2n) is 3.12. The molecule has 0 bridgehead atoms. The molecule has 1 aliphatic rings. The Morgan fingerprint density at radius 1 is 1.53 bits per heavy atom. The third-order valence-electron chi connectivity index (χ3n) is 2.17. The highest BCUT2D eigenvalue weighted by Gasteiger charge is 2.34. The van der Waals surface area contributed by atoms with Crippen LogP contribution in [0.15, 0.2) is 6.33 Å². The Kier molecular flexibility index (Phi) is 2.52. The lowest BCUT2D eigenvalue weighted by atomic mass is 9.94. The molecule has 0 saturated heterocycles. The van der Waals surface area contributed by atoms with Crippen LogP contribution in [0.2, 0.25) is 5.15 Å². The summed E-state index contributed by atoms with van der Waals surface area (Å²) < 4.78 is 25.3. The van der Waals surface area contributed by atoms with Gasteiger partial charge in [0, 0.05) is 12.0 Å². The van der Waals surface area contributed by atoms with Crippen LogP contribution < -0.4 is 5.32 Å². The standard InChI is InChI=1S/C8H6ClF2N3O/c9-6-5-3(7(10)11)1-4(15)14-8(5)13-2-12-6/h2-3,7H,1H2,(H,12,13,14,15). The summed E-state index contributed by atoms with van der Waals surface area (Å²) in [5.74, 6) is -1.62. The molecule has 0 aliphatic carbocycles. The molecule has 0 saturated carbocycles. The van der Waals surface area contributed by atoms with Crippen molar-refractivity contribution in [2.24, 2.45) is 0 Å². The van der Waals surface area contributed by atoms with Crippen molar-refractivity contribution in [2.45, 2.75) is 18.8 Å². The highest BCUT2D eigenvalue weighted by atomic mass is 35.5. The smallest absolute Gasteiger partial charge is 0.246 e. The number of anilines is 1. The first-order chi connectivity index (χ1) is 7.09. The Balaban J connectivity index is 2.52. The number of fused-ring (bicyclic) bond motifs is 1. The molecule has 1 aromatic rings. The van der Waals surface area contributed by atoms with Gasteiger partial charge in [0.05, 0.1) is 5.92 Å². The van der Waals surface area contributed by atoms with Crippen LogP contribution in [0.3, 0.4) is 0 Å². The van der Waals surface area contributed by atoms with E-state index in [1.807, 2.05) is 0 Å². The number of amides is 1. The molecule has 2 rings (SSSR count). The Morgan fingerprint density at radius 2 is 2.27 bits per heavy atom. The Bertz CT molecular complexity index is 413. The summed E-state index contributed by atoms with van der Waals surface area (Å²) in [6.45, 7) is 0. The van der Waals surface area contributed by atoms with E-state index in [2.05, 4.69) is 15.3 Å². The molecule has 7 heteroatoms. The number of rotatable bonds is 1. The Morgan fingerprint density at radius 3 is 2.93 bits per heavy atom. The van der Waals surface area contributed by atoms with Gasteiger partial charge in [0.1, 0.15) is 17.3 Å². The van der Waals surface area contributed by atoms with E-state index in [4.69, 9.17) is 11.6 Å². The van der Waals surface area contributed by atoms with E-state index in [0.29, 0.717) is 0 Å². The lowest BCUT2D eigenvalue weighted by molar-refractivity contribution is -0.117. The SMILES string of the molecule is O=C1CC(C(F)F)c2c(Cl)ncnc2N1. The molecular weight excluding hydrogens is 228 g/mol. The second kappa shape index (κ2) is 3.69. The summed E-state index contributed by atoms with van der Waals surface area (Å²) >= 11 is 5.69. The fourth-order valence-corrected chi connectivity index (χ4v) is 1.78. The predicted molar refractivity (Wildman–Crippen MR) is 49.0 cm³/mol. The third kappa shape index (κ3) is 1.77. The summed E-state index contributed by atoms with van der Waals surface area (Å²) in [6.07, 6.45) is -1.83. The number of nitrogens with one attached hydrogen (secondary N) is 1. The zero-order valence-electron chi connectivity index (χ0n) is 7.38. The molecule has 0 spiro atoms. The maximum absolute atomic E-state index is 12.7. The molecule has 15 heavy (non-hydrogen) atoms. The van der Waals surface area contributed by atoms with Crippen molar-refractivity contribution in [3.63, 3.8) is 0 Å². The van der Waals surface area contributed by atoms with Crippen LogP contribution in [0.25, 0.3) is 0 Å². The molecular formula is C8H6ClF2N3O. The van der Waals surface area contributed by atoms with Crippen molar-refractivity contribution in [3.05, 3.63) is 17.0 Å². The van der Waals surface area contributed by atoms with Gasteiger partial charge in [-0.15, -0.1) is 0 Å². The van der Waals surface area contributed by atoms with Crippen molar-refractivity contribution < 1.29 is 13.6 Å². The molecule has 1 aliphatic heterocycles. The Hall–Kier alpha value is -1.30. The van der Waals surface area contributed by atoms with Crippen LogP contribution in [0.1, 0.15) is 17.9 Å². The van der Waals surface area contributed by atoms with Crippen LogP contribution in [-0.2, 0) is 4.79 Å². The third-order valence-corrected chi connectivity index (χ3v) is 2.47. The number of hydrogen-bond acceptors (Lipinski definition) is 3. The maximum atomic E-state index is 12.7. The van der Waals surface area contributed by atoms with Gasteiger partial charge in [-0.05, 0) is 0 Å². The molecule has 1 N–H and O–H groups in total. The van der Waals surface area contributed by atoms with Gasteiger partial charge in [-0.2, -0.15) is 0 Å². The quantitative estimate of drug-likeness (QED) is 0.753. The highest BCUT2D eigenvalue weighted by molar-refractivity contribution is 6.30. The molecule has 1 atom stereocenters. The van der Waals surface area contributed by atoms with Gasteiger partial charge in [-0.1, -0.05) is 11.6 Å². The van der Waals surface area contributed by atoms with Gasteiger partial charge in [0.2, 0.25) is 12.3 Å². The molecule has 4 nitrogen and oxygen atoms in total. The van der Waals surface area contributed by atoms with E-state index in [1.165, 1.54) is 0 Å². The van der Waals surface area contributed by atoms with Gasteiger partial charge in [-0.3, -0.25) is 4.79 Å². The first-order valence-corrected chi connectivity index (χ1v) is 4.55. The zero-order chi connectivity index (χ0) is 11.0. The van der Waals surface area contributed by atoms with Gasteiger partial charge in [0.25, 0.3) is 0 Å². The van der Waals surface area contributed by atoms with Gasteiger partial charge in [-0.25, -0.2) is 18.7 Å². The number of aromatic nitrogens is 2. The predicted octanol–water partition coefficient (Wildman–Crippen LogP) is 1.82.